The van der Waals surface area contributed by atoms with E-state index in [9.17, 15) is 4.79 Å². The van der Waals surface area contributed by atoms with Crippen molar-refractivity contribution in [2.45, 2.75) is 39.8 Å². The van der Waals surface area contributed by atoms with Gasteiger partial charge >= 0.3 is 0 Å². The Balaban J connectivity index is 1.64. The number of aromatic amines is 1. The number of nitrogens with one attached hydrogen (secondary N) is 2. The number of benzene rings is 2. The van der Waals surface area contributed by atoms with Crippen LogP contribution in [0.5, 0.6) is 0 Å². The summed E-state index contributed by atoms with van der Waals surface area (Å²) in [6, 6.07) is 14.4. The minimum Gasteiger partial charge on any atom is -0.341 e. The molecule has 7 heteroatoms. The van der Waals surface area contributed by atoms with E-state index in [-0.39, 0.29) is 12.5 Å². The van der Waals surface area contributed by atoms with Crippen molar-refractivity contribution in [2.24, 2.45) is 0 Å². The highest BCUT2D eigenvalue weighted by molar-refractivity contribution is 7.71. The van der Waals surface area contributed by atoms with Gasteiger partial charge in [0.2, 0.25) is 5.91 Å². The third kappa shape index (κ3) is 3.22. The molecule has 0 aliphatic rings. The Hall–Kier alpha value is -2.93. The zero-order valence-electron chi connectivity index (χ0n) is 16.0. The minimum atomic E-state index is -0.117. The Kier molecular flexibility index (Phi) is 5.00. The van der Waals surface area contributed by atoms with E-state index in [1.54, 1.807) is 4.57 Å². The summed E-state index contributed by atoms with van der Waals surface area (Å²) in [4.78, 5) is 12.6. The van der Waals surface area contributed by atoms with Gasteiger partial charge in [-0.15, -0.1) is 0 Å². The second-order valence-electron chi connectivity index (χ2n) is 6.82. The molecule has 28 heavy (non-hydrogen) atoms. The summed E-state index contributed by atoms with van der Waals surface area (Å²) in [6.45, 7) is 5.27. The van der Waals surface area contributed by atoms with Crippen LogP contribution in [-0.2, 0) is 24.3 Å². The molecule has 2 aromatic carbocycles. The van der Waals surface area contributed by atoms with Gasteiger partial charge < -0.3 is 9.88 Å². The second-order valence-corrected chi connectivity index (χ2v) is 7.21. The first-order valence-corrected chi connectivity index (χ1v) is 9.98. The van der Waals surface area contributed by atoms with Gasteiger partial charge in [0.05, 0.1) is 0 Å². The smallest absolute Gasteiger partial charge is 0.244 e. The van der Waals surface area contributed by atoms with Crippen LogP contribution >= 0.6 is 12.2 Å². The summed E-state index contributed by atoms with van der Waals surface area (Å²) in [7, 11) is 0. The van der Waals surface area contributed by atoms with E-state index >= 15 is 0 Å². The third-order valence-electron chi connectivity index (χ3n) is 4.99. The van der Waals surface area contributed by atoms with E-state index in [0.717, 1.165) is 36.3 Å². The zero-order chi connectivity index (χ0) is 19.7. The lowest BCUT2D eigenvalue weighted by Crippen LogP contribution is -2.20. The summed E-state index contributed by atoms with van der Waals surface area (Å²) in [5, 5.41) is 12.3. The van der Waals surface area contributed by atoms with Crippen LogP contribution in [0.2, 0.25) is 0 Å². The van der Waals surface area contributed by atoms with Gasteiger partial charge in [-0.3, -0.25) is 14.5 Å². The highest BCUT2D eigenvalue weighted by atomic mass is 32.1. The van der Waals surface area contributed by atoms with E-state index in [2.05, 4.69) is 58.2 Å². The van der Waals surface area contributed by atoms with Crippen molar-refractivity contribution in [2.75, 3.05) is 5.32 Å². The van der Waals surface area contributed by atoms with Crippen molar-refractivity contribution in [3.05, 3.63) is 53.1 Å². The molecule has 4 rings (SSSR count). The van der Waals surface area contributed by atoms with Crippen LogP contribution in [0.3, 0.4) is 0 Å². The van der Waals surface area contributed by atoms with E-state index < -0.39 is 0 Å². The predicted octanol–water partition coefficient (Wildman–Crippen LogP) is 4.66. The first kappa shape index (κ1) is 18.4. The summed E-state index contributed by atoms with van der Waals surface area (Å²) in [5.74, 6) is 0.692. The molecule has 0 aliphatic heterocycles. The second kappa shape index (κ2) is 7.59. The minimum absolute atomic E-state index is 0.117. The summed E-state index contributed by atoms with van der Waals surface area (Å²) in [6.07, 6.45) is 1.72. The molecule has 1 amide bonds. The Labute approximate surface area is 168 Å². The van der Waals surface area contributed by atoms with Crippen molar-refractivity contribution in [3.8, 4) is 0 Å². The molecule has 6 nitrogen and oxygen atoms in total. The molecule has 0 fully saturated rings. The third-order valence-corrected chi connectivity index (χ3v) is 5.30. The number of rotatable bonds is 6. The number of H-pyrrole nitrogens is 1. The van der Waals surface area contributed by atoms with Gasteiger partial charge in [0, 0.05) is 40.5 Å². The van der Waals surface area contributed by atoms with E-state index in [0.29, 0.717) is 4.77 Å². The monoisotopic (exact) mass is 393 g/mol. The van der Waals surface area contributed by atoms with Crippen LogP contribution in [0.15, 0.2) is 42.5 Å². The molecule has 2 aromatic heterocycles. The quantitative estimate of drug-likeness (QED) is 0.468. The molecule has 0 saturated heterocycles. The molecule has 0 saturated carbocycles. The SMILES string of the molecule is CCCc1n[nH]c(=S)n1CC(=O)Nc1ccc2c(c1)c1ccccc1n2CC. The van der Waals surface area contributed by atoms with E-state index in [1.807, 2.05) is 18.2 Å². The number of amides is 1. The molecule has 2 N–H and O–H groups in total. The molecular formula is C21H23N5OS. The van der Waals surface area contributed by atoms with Crippen LogP contribution in [0.4, 0.5) is 5.69 Å². The number of aromatic nitrogens is 4. The van der Waals surface area contributed by atoms with Crippen LogP contribution in [-0.4, -0.2) is 25.2 Å². The van der Waals surface area contributed by atoms with Crippen LogP contribution < -0.4 is 5.32 Å². The average molecular weight is 394 g/mol. The standard InChI is InChI=1S/C21H23N5OS/c1-3-7-19-23-24-21(28)26(19)13-20(27)22-14-10-11-18-16(12-14)15-8-5-6-9-17(15)25(18)4-2/h5-6,8-12H,3-4,7,13H2,1-2H3,(H,22,27)(H,24,28). The number of aryl methyl sites for hydroxylation is 2. The lowest BCUT2D eigenvalue weighted by Gasteiger charge is -2.09. The maximum Gasteiger partial charge on any atom is 0.244 e. The number of hydrogen-bond donors (Lipinski definition) is 2. The molecule has 0 unspecified atom stereocenters. The number of anilines is 1. The van der Waals surface area contributed by atoms with Crippen molar-refractivity contribution >= 4 is 45.6 Å². The van der Waals surface area contributed by atoms with Gasteiger partial charge in [-0.2, -0.15) is 5.10 Å². The average Bonchev–Trinajstić information content (AvgIpc) is 3.20. The normalized spacial score (nSPS) is 11.4. The molecular weight excluding hydrogens is 370 g/mol. The van der Waals surface area contributed by atoms with Crippen molar-refractivity contribution in [3.63, 3.8) is 0 Å². The van der Waals surface area contributed by atoms with E-state index in [1.165, 1.54) is 16.4 Å². The molecule has 144 valence electrons. The highest BCUT2D eigenvalue weighted by Crippen LogP contribution is 2.30. The van der Waals surface area contributed by atoms with Gasteiger partial charge in [-0.05, 0) is 49.8 Å². The van der Waals surface area contributed by atoms with E-state index in [4.69, 9.17) is 12.2 Å². The number of carbonyl (C=O) groups is 1. The van der Waals surface area contributed by atoms with Crippen LogP contribution in [0, 0.1) is 4.77 Å². The van der Waals surface area contributed by atoms with Crippen LogP contribution in [0.1, 0.15) is 26.1 Å². The lowest BCUT2D eigenvalue weighted by molar-refractivity contribution is -0.116. The molecule has 2 heterocycles. The maximum absolute atomic E-state index is 12.6. The molecule has 0 aliphatic carbocycles. The fourth-order valence-electron chi connectivity index (χ4n) is 3.74. The largest absolute Gasteiger partial charge is 0.341 e. The molecule has 0 atom stereocenters. The molecule has 0 radical (unpaired) electrons. The fourth-order valence-corrected chi connectivity index (χ4v) is 3.96. The van der Waals surface area contributed by atoms with Crippen molar-refractivity contribution < 1.29 is 4.79 Å². The number of hydrogen-bond acceptors (Lipinski definition) is 3. The Morgan fingerprint density at radius 3 is 2.68 bits per heavy atom. The summed E-state index contributed by atoms with van der Waals surface area (Å²) >= 11 is 5.26. The molecule has 0 bridgehead atoms. The number of fused-ring (bicyclic) bond motifs is 3. The van der Waals surface area contributed by atoms with Gasteiger partial charge in [0.15, 0.2) is 4.77 Å². The highest BCUT2D eigenvalue weighted by Gasteiger charge is 2.13. The van der Waals surface area contributed by atoms with Crippen molar-refractivity contribution in [1.82, 2.24) is 19.3 Å². The van der Waals surface area contributed by atoms with Gasteiger partial charge in [-0.1, -0.05) is 25.1 Å². The molecule has 4 aromatic rings. The van der Waals surface area contributed by atoms with Gasteiger partial charge in [-0.25, -0.2) is 0 Å². The topological polar surface area (TPSA) is 67.6 Å². The molecule has 0 spiro atoms. The first-order chi connectivity index (χ1) is 13.6. The summed E-state index contributed by atoms with van der Waals surface area (Å²) < 4.78 is 4.52. The first-order valence-electron chi connectivity index (χ1n) is 9.57. The number of nitrogens with zero attached hydrogens (tertiary/aromatic N) is 3. The van der Waals surface area contributed by atoms with Crippen LogP contribution in [0.25, 0.3) is 21.8 Å². The Bertz CT molecular complexity index is 1220. The van der Waals surface area contributed by atoms with Gasteiger partial charge in [0.1, 0.15) is 12.4 Å². The zero-order valence-corrected chi connectivity index (χ0v) is 16.8. The Morgan fingerprint density at radius 2 is 1.89 bits per heavy atom. The lowest BCUT2D eigenvalue weighted by atomic mass is 10.1. The maximum atomic E-state index is 12.6. The fraction of sp³-hybridized carbons (Fsp3) is 0.286. The summed E-state index contributed by atoms with van der Waals surface area (Å²) in [5.41, 5.74) is 3.16. The number of para-hydroxylation sites is 1. The number of carbonyl (C=O) groups excluding carboxylic acids is 1. The van der Waals surface area contributed by atoms with Gasteiger partial charge in [0.25, 0.3) is 0 Å². The Morgan fingerprint density at radius 1 is 1.11 bits per heavy atom. The predicted molar refractivity (Wildman–Crippen MR) is 115 cm³/mol. The van der Waals surface area contributed by atoms with Crippen molar-refractivity contribution in [1.29, 1.82) is 0 Å².